The van der Waals surface area contributed by atoms with Gasteiger partial charge in [0.05, 0.1) is 13.4 Å². The largest absolute Gasteiger partial charge is 0.480 e. The summed E-state index contributed by atoms with van der Waals surface area (Å²) in [6, 6.07) is -0.757. The number of carbonyl (C=O) groups is 3. The van der Waals surface area contributed by atoms with Gasteiger partial charge in [0.25, 0.3) is 5.91 Å². The van der Waals surface area contributed by atoms with E-state index in [1.165, 1.54) is 6.92 Å². The predicted octanol–water partition coefficient (Wildman–Crippen LogP) is 1.01. The number of carbonyl (C=O) groups excluding carboxylic acids is 2. The lowest BCUT2D eigenvalue weighted by molar-refractivity contribution is -0.143. The van der Waals surface area contributed by atoms with Crippen LogP contribution >= 0.6 is 15.9 Å². The van der Waals surface area contributed by atoms with E-state index in [0.717, 1.165) is 0 Å². The molecule has 0 bridgehead atoms. The van der Waals surface area contributed by atoms with Crippen molar-refractivity contribution in [3.8, 4) is 0 Å². The summed E-state index contributed by atoms with van der Waals surface area (Å²) in [6.45, 7) is 9.25. The number of hydrazine groups is 1. The first-order chi connectivity index (χ1) is 10.0. The van der Waals surface area contributed by atoms with Gasteiger partial charge in [-0.15, -0.1) is 0 Å². The quantitative estimate of drug-likeness (QED) is 0.264. The molecule has 2 atom stereocenters. The van der Waals surface area contributed by atoms with E-state index in [9.17, 15) is 19.5 Å². The normalized spacial score (nSPS) is 15.5. The van der Waals surface area contributed by atoms with Crippen molar-refractivity contribution in [1.29, 1.82) is 0 Å². The van der Waals surface area contributed by atoms with Crippen molar-refractivity contribution in [2.75, 3.05) is 5.33 Å². The Labute approximate surface area is 140 Å². The van der Waals surface area contributed by atoms with Gasteiger partial charge >= 0.3 is 5.97 Å². The molecule has 2 amide bonds. The Morgan fingerprint density at radius 1 is 1.27 bits per heavy atom. The SMILES string of the molecule is CCC[C@@](NNC(=O)C(C)NC(=O)CBr)(C(=O)O)[Si](C)(C)C. The number of hydrogen-bond acceptors (Lipinski definition) is 4. The molecule has 0 aromatic rings. The molecule has 0 aliphatic rings. The fourth-order valence-electron chi connectivity index (χ4n) is 2.10. The molecule has 7 nitrogen and oxygen atoms in total. The topological polar surface area (TPSA) is 108 Å². The highest BCUT2D eigenvalue weighted by atomic mass is 79.9. The number of carboxylic acid groups (broad SMARTS) is 1. The van der Waals surface area contributed by atoms with Gasteiger partial charge in [0.2, 0.25) is 5.91 Å². The molecule has 0 heterocycles. The number of carboxylic acids is 1. The van der Waals surface area contributed by atoms with Crippen LogP contribution in [0.3, 0.4) is 0 Å². The standard InChI is InChI=1S/C13H26BrN3O4Si/c1-6-7-13(12(20)21,22(3,4)5)17-16-11(19)9(2)15-10(18)8-14/h9,17H,6-8H2,1-5H3,(H,15,18)(H,16,19)(H,20,21)/t9?,13-/m0/s1. The van der Waals surface area contributed by atoms with Crippen LogP contribution in [0.25, 0.3) is 0 Å². The zero-order valence-electron chi connectivity index (χ0n) is 13.7. The van der Waals surface area contributed by atoms with Crippen LogP contribution in [0.4, 0.5) is 0 Å². The minimum atomic E-state index is -2.18. The first kappa shape index (κ1) is 21.1. The molecular formula is C13H26BrN3O4Si. The number of halogens is 1. The van der Waals surface area contributed by atoms with Crippen molar-refractivity contribution in [3.63, 3.8) is 0 Å². The minimum Gasteiger partial charge on any atom is -0.480 e. The third kappa shape index (κ3) is 5.36. The first-order valence-electron chi connectivity index (χ1n) is 7.17. The zero-order chi connectivity index (χ0) is 17.6. The summed E-state index contributed by atoms with van der Waals surface area (Å²) in [5.41, 5.74) is 5.21. The molecule has 4 N–H and O–H groups in total. The van der Waals surface area contributed by atoms with Crippen LogP contribution in [0.15, 0.2) is 0 Å². The molecule has 0 saturated carbocycles. The second-order valence-electron chi connectivity index (χ2n) is 6.25. The van der Waals surface area contributed by atoms with Gasteiger partial charge in [0, 0.05) is 0 Å². The Kier molecular flexibility index (Phi) is 8.27. The highest BCUT2D eigenvalue weighted by Gasteiger charge is 2.49. The van der Waals surface area contributed by atoms with Gasteiger partial charge in [-0.05, 0) is 13.3 Å². The molecule has 0 aliphatic heterocycles. The summed E-state index contributed by atoms with van der Waals surface area (Å²) >= 11 is 3.00. The van der Waals surface area contributed by atoms with Crippen LogP contribution in [-0.4, -0.2) is 47.5 Å². The van der Waals surface area contributed by atoms with Crippen molar-refractivity contribution < 1.29 is 19.5 Å². The van der Waals surface area contributed by atoms with Crippen molar-refractivity contribution in [2.24, 2.45) is 0 Å². The van der Waals surface area contributed by atoms with Crippen LogP contribution in [0.1, 0.15) is 26.7 Å². The van der Waals surface area contributed by atoms with Crippen molar-refractivity contribution in [2.45, 2.75) is 57.5 Å². The number of nitrogens with one attached hydrogen (secondary N) is 3. The van der Waals surface area contributed by atoms with E-state index in [4.69, 9.17) is 0 Å². The number of alkyl halides is 1. The average Bonchev–Trinajstić information content (AvgIpc) is 2.40. The summed E-state index contributed by atoms with van der Waals surface area (Å²) in [4.78, 5) is 35.1. The van der Waals surface area contributed by atoms with Gasteiger partial charge in [-0.25, -0.2) is 5.43 Å². The fraction of sp³-hybridized carbons (Fsp3) is 0.769. The Morgan fingerprint density at radius 3 is 2.18 bits per heavy atom. The monoisotopic (exact) mass is 395 g/mol. The third-order valence-electron chi connectivity index (χ3n) is 3.56. The molecule has 128 valence electrons. The Bertz CT molecular complexity index is 428. The molecule has 1 unspecified atom stereocenters. The third-order valence-corrected chi connectivity index (χ3v) is 7.22. The lowest BCUT2D eigenvalue weighted by Crippen LogP contribution is -2.71. The van der Waals surface area contributed by atoms with Gasteiger partial charge in [-0.1, -0.05) is 48.9 Å². The maximum absolute atomic E-state index is 12.0. The van der Waals surface area contributed by atoms with E-state index < -0.39 is 31.2 Å². The van der Waals surface area contributed by atoms with E-state index in [1.807, 2.05) is 26.6 Å². The lowest BCUT2D eigenvalue weighted by Gasteiger charge is -2.40. The van der Waals surface area contributed by atoms with Crippen LogP contribution in [-0.2, 0) is 14.4 Å². The molecule has 0 radical (unpaired) electrons. The molecule has 0 saturated heterocycles. The second kappa shape index (κ2) is 8.63. The highest BCUT2D eigenvalue weighted by Crippen LogP contribution is 2.26. The van der Waals surface area contributed by atoms with E-state index in [1.54, 1.807) is 0 Å². The van der Waals surface area contributed by atoms with Crippen LogP contribution < -0.4 is 16.2 Å². The van der Waals surface area contributed by atoms with Crippen LogP contribution in [0.5, 0.6) is 0 Å². The second-order valence-corrected chi connectivity index (χ2v) is 12.2. The average molecular weight is 396 g/mol. The number of hydrogen-bond donors (Lipinski definition) is 4. The van der Waals surface area contributed by atoms with Crippen molar-refractivity contribution in [1.82, 2.24) is 16.2 Å². The maximum atomic E-state index is 12.0. The maximum Gasteiger partial charge on any atom is 0.322 e. The van der Waals surface area contributed by atoms with Gasteiger partial charge in [0.15, 0.2) is 0 Å². The van der Waals surface area contributed by atoms with Crippen LogP contribution in [0.2, 0.25) is 19.6 Å². The molecule has 0 rings (SSSR count). The minimum absolute atomic E-state index is 0.0991. The molecule has 0 spiro atoms. The number of amides is 2. The van der Waals surface area contributed by atoms with E-state index in [2.05, 4.69) is 32.1 Å². The van der Waals surface area contributed by atoms with Gasteiger partial charge in [0.1, 0.15) is 11.2 Å². The summed E-state index contributed by atoms with van der Waals surface area (Å²) in [7, 11) is -2.18. The number of aliphatic carboxylic acids is 1. The zero-order valence-corrected chi connectivity index (χ0v) is 16.3. The van der Waals surface area contributed by atoms with E-state index >= 15 is 0 Å². The molecular weight excluding hydrogens is 370 g/mol. The Hall–Kier alpha value is -0.933. The van der Waals surface area contributed by atoms with E-state index in [0.29, 0.717) is 12.8 Å². The molecule has 0 aromatic carbocycles. The first-order valence-corrected chi connectivity index (χ1v) is 11.8. The molecule has 0 fully saturated rings. The summed E-state index contributed by atoms with van der Waals surface area (Å²) < 4.78 is 0. The highest BCUT2D eigenvalue weighted by molar-refractivity contribution is 9.09. The van der Waals surface area contributed by atoms with Gasteiger partial charge in [-0.2, -0.15) is 0 Å². The van der Waals surface area contributed by atoms with E-state index in [-0.39, 0.29) is 11.2 Å². The van der Waals surface area contributed by atoms with Crippen molar-refractivity contribution >= 4 is 41.8 Å². The fourth-order valence-corrected chi connectivity index (χ4v) is 4.34. The smallest absolute Gasteiger partial charge is 0.322 e. The molecule has 0 aliphatic carbocycles. The van der Waals surface area contributed by atoms with Gasteiger partial charge < -0.3 is 10.4 Å². The van der Waals surface area contributed by atoms with Crippen molar-refractivity contribution in [3.05, 3.63) is 0 Å². The molecule has 9 heteroatoms. The Morgan fingerprint density at radius 2 is 1.82 bits per heavy atom. The number of rotatable bonds is 9. The summed E-state index contributed by atoms with van der Waals surface area (Å²) in [6.07, 6.45) is 1.09. The lowest BCUT2D eigenvalue weighted by atomic mass is 10.1. The molecule has 22 heavy (non-hydrogen) atoms. The summed E-state index contributed by atoms with van der Waals surface area (Å²) in [5, 5.41) is 11.1. The van der Waals surface area contributed by atoms with Gasteiger partial charge in [-0.3, -0.25) is 19.8 Å². The van der Waals surface area contributed by atoms with Crippen LogP contribution in [0, 0.1) is 0 Å². The Balaban J connectivity index is 5.01. The molecule has 0 aromatic heterocycles. The predicted molar refractivity (Wildman–Crippen MR) is 91.3 cm³/mol. The summed E-state index contributed by atoms with van der Waals surface area (Å²) in [5.74, 6) is -1.76.